The molecule has 0 radical (unpaired) electrons. The van der Waals surface area contributed by atoms with Gasteiger partial charge in [0.1, 0.15) is 0 Å². The first-order valence-electron chi connectivity index (χ1n) is 5.93. The third-order valence-electron chi connectivity index (χ3n) is 2.74. The maximum Gasteiger partial charge on any atom is 0.0125 e. The lowest BCUT2D eigenvalue weighted by molar-refractivity contribution is 0.361. The number of nitrogens with one attached hydrogen (secondary N) is 1. The van der Waals surface area contributed by atoms with Crippen molar-refractivity contribution in [3.63, 3.8) is 0 Å². The Labute approximate surface area is 93.9 Å². The Kier molecular flexibility index (Phi) is 4.83. The van der Waals surface area contributed by atoms with Crippen molar-refractivity contribution in [1.82, 2.24) is 5.32 Å². The Bertz CT molecular complexity index is 264. The Hall–Kier alpha value is -0.820. The normalized spacial score (nSPS) is 11.7. The molecule has 1 nitrogen and oxygen atoms in total. The fourth-order valence-electron chi connectivity index (χ4n) is 1.90. The van der Waals surface area contributed by atoms with Gasteiger partial charge in [0, 0.05) is 5.54 Å². The molecule has 0 amide bonds. The molecule has 0 heterocycles. The second-order valence-corrected chi connectivity index (χ2v) is 4.80. The molecule has 1 rings (SSSR count). The fourth-order valence-corrected chi connectivity index (χ4v) is 1.90. The van der Waals surface area contributed by atoms with Gasteiger partial charge in [0.2, 0.25) is 0 Å². The van der Waals surface area contributed by atoms with E-state index in [4.69, 9.17) is 0 Å². The highest BCUT2D eigenvalue weighted by Crippen LogP contribution is 2.10. The molecule has 0 aliphatic heterocycles. The Balaban J connectivity index is 2.27. The highest BCUT2D eigenvalue weighted by atomic mass is 14.9. The molecule has 0 bridgehead atoms. The van der Waals surface area contributed by atoms with E-state index in [1.165, 1.54) is 18.4 Å². The molecule has 0 fully saturated rings. The van der Waals surface area contributed by atoms with E-state index in [0.29, 0.717) is 0 Å². The largest absolute Gasteiger partial charge is 0.311 e. The van der Waals surface area contributed by atoms with Gasteiger partial charge in [-0.1, -0.05) is 43.7 Å². The average Bonchev–Trinajstić information content (AvgIpc) is 2.19. The van der Waals surface area contributed by atoms with Crippen molar-refractivity contribution < 1.29 is 0 Å². The lowest BCUT2D eigenvalue weighted by atomic mass is 9.98. The molecule has 0 unspecified atom stereocenters. The summed E-state index contributed by atoms with van der Waals surface area (Å²) in [4.78, 5) is 0. The summed E-state index contributed by atoms with van der Waals surface area (Å²) >= 11 is 0. The molecule has 0 aliphatic rings. The average molecular weight is 205 g/mol. The predicted octanol–water partition coefficient (Wildman–Crippen LogP) is 3.40. The van der Waals surface area contributed by atoms with Crippen LogP contribution in [0.2, 0.25) is 0 Å². The van der Waals surface area contributed by atoms with Gasteiger partial charge in [0.15, 0.2) is 0 Å². The van der Waals surface area contributed by atoms with E-state index in [0.717, 1.165) is 13.0 Å². The number of hydrogen-bond donors (Lipinski definition) is 1. The number of rotatable bonds is 6. The van der Waals surface area contributed by atoms with Crippen molar-refractivity contribution in [2.24, 2.45) is 0 Å². The van der Waals surface area contributed by atoms with Crippen LogP contribution >= 0.6 is 0 Å². The minimum Gasteiger partial charge on any atom is -0.311 e. The summed E-state index contributed by atoms with van der Waals surface area (Å²) in [7, 11) is 0. The van der Waals surface area contributed by atoms with E-state index in [9.17, 15) is 0 Å². The summed E-state index contributed by atoms with van der Waals surface area (Å²) in [5.74, 6) is 0. The monoisotopic (exact) mass is 205 g/mol. The van der Waals surface area contributed by atoms with Gasteiger partial charge in [0.05, 0.1) is 0 Å². The van der Waals surface area contributed by atoms with Crippen LogP contribution < -0.4 is 5.32 Å². The summed E-state index contributed by atoms with van der Waals surface area (Å²) in [6.45, 7) is 7.86. The molecule has 0 atom stereocenters. The van der Waals surface area contributed by atoms with Crippen molar-refractivity contribution in [3.05, 3.63) is 35.9 Å². The van der Waals surface area contributed by atoms with Crippen molar-refractivity contribution in [2.75, 3.05) is 6.54 Å². The van der Waals surface area contributed by atoms with E-state index >= 15 is 0 Å². The van der Waals surface area contributed by atoms with Crippen molar-refractivity contribution >= 4 is 0 Å². The maximum atomic E-state index is 3.61. The number of benzene rings is 1. The van der Waals surface area contributed by atoms with Gasteiger partial charge in [-0.15, -0.1) is 0 Å². The van der Waals surface area contributed by atoms with Gasteiger partial charge in [-0.05, 0) is 38.8 Å². The lowest BCUT2D eigenvalue weighted by Crippen LogP contribution is -2.40. The summed E-state index contributed by atoms with van der Waals surface area (Å²) in [5, 5.41) is 3.61. The fraction of sp³-hybridized carbons (Fsp3) is 0.571. The van der Waals surface area contributed by atoms with E-state index in [-0.39, 0.29) is 5.54 Å². The van der Waals surface area contributed by atoms with E-state index in [1.54, 1.807) is 0 Å². The molecule has 0 aliphatic carbocycles. The zero-order chi connectivity index (χ0) is 11.1. The Morgan fingerprint density at radius 2 is 1.80 bits per heavy atom. The molecule has 1 N–H and O–H groups in total. The van der Waals surface area contributed by atoms with Crippen molar-refractivity contribution in [2.45, 2.75) is 45.6 Å². The predicted molar refractivity (Wildman–Crippen MR) is 67.1 cm³/mol. The first kappa shape index (κ1) is 12.3. The van der Waals surface area contributed by atoms with Crippen LogP contribution in [0.25, 0.3) is 0 Å². The third-order valence-corrected chi connectivity index (χ3v) is 2.74. The molecule has 0 spiro atoms. The first-order valence-corrected chi connectivity index (χ1v) is 5.93. The summed E-state index contributed by atoms with van der Waals surface area (Å²) in [6.07, 6.45) is 3.60. The zero-order valence-corrected chi connectivity index (χ0v) is 10.2. The van der Waals surface area contributed by atoms with Gasteiger partial charge < -0.3 is 5.32 Å². The lowest BCUT2D eigenvalue weighted by Gasteiger charge is -2.25. The summed E-state index contributed by atoms with van der Waals surface area (Å²) in [5.41, 5.74) is 1.70. The molecule has 15 heavy (non-hydrogen) atoms. The van der Waals surface area contributed by atoms with Crippen LogP contribution in [-0.2, 0) is 6.42 Å². The van der Waals surface area contributed by atoms with Gasteiger partial charge >= 0.3 is 0 Å². The second-order valence-electron chi connectivity index (χ2n) is 4.80. The summed E-state index contributed by atoms with van der Waals surface area (Å²) < 4.78 is 0. The van der Waals surface area contributed by atoms with Crippen LogP contribution in [0.1, 0.15) is 39.2 Å². The number of hydrogen-bond acceptors (Lipinski definition) is 1. The standard InChI is InChI=1S/C14H23N/c1-4-11-14(2,3)15-12-10-13-8-6-5-7-9-13/h5-9,15H,4,10-12H2,1-3H3. The minimum absolute atomic E-state index is 0.281. The van der Waals surface area contributed by atoms with Crippen LogP contribution in [0.4, 0.5) is 0 Å². The Morgan fingerprint density at radius 3 is 2.40 bits per heavy atom. The maximum absolute atomic E-state index is 3.61. The second kappa shape index (κ2) is 5.92. The molecular formula is C14H23N. The smallest absolute Gasteiger partial charge is 0.0125 e. The van der Waals surface area contributed by atoms with Crippen LogP contribution in [0.15, 0.2) is 30.3 Å². The van der Waals surface area contributed by atoms with Crippen LogP contribution in [0.3, 0.4) is 0 Å². The van der Waals surface area contributed by atoms with Gasteiger partial charge in [-0.3, -0.25) is 0 Å². The Morgan fingerprint density at radius 1 is 1.13 bits per heavy atom. The molecule has 0 saturated heterocycles. The van der Waals surface area contributed by atoms with Crippen LogP contribution in [0.5, 0.6) is 0 Å². The van der Waals surface area contributed by atoms with Gasteiger partial charge in [-0.25, -0.2) is 0 Å². The SMILES string of the molecule is CCCC(C)(C)NCCc1ccccc1. The van der Waals surface area contributed by atoms with E-state index < -0.39 is 0 Å². The molecular weight excluding hydrogens is 182 g/mol. The van der Waals surface area contributed by atoms with Crippen molar-refractivity contribution in [3.8, 4) is 0 Å². The quantitative estimate of drug-likeness (QED) is 0.750. The van der Waals surface area contributed by atoms with E-state index in [2.05, 4.69) is 56.4 Å². The van der Waals surface area contributed by atoms with Crippen molar-refractivity contribution in [1.29, 1.82) is 0 Å². The van der Waals surface area contributed by atoms with Crippen LogP contribution in [-0.4, -0.2) is 12.1 Å². The molecule has 1 aromatic rings. The topological polar surface area (TPSA) is 12.0 Å². The van der Waals surface area contributed by atoms with E-state index in [1.807, 2.05) is 0 Å². The highest BCUT2D eigenvalue weighted by molar-refractivity contribution is 5.14. The third kappa shape index (κ3) is 4.98. The van der Waals surface area contributed by atoms with Gasteiger partial charge in [0.25, 0.3) is 0 Å². The molecule has 0 aromatic heterocycles. The highest BCUT2D eigenvalue weighted by Gasteiger charge is 2.14. The first-order chi connectivity index (χ1) is 7.14. The zero-order valence-electron chi connectivity index (χ0n) is 10.2. The molecule has 84 valence electrons. The minimum atomic E-state index is 0.281. The van der Waals surface area contributed by atoms with Gasteiger partial charge in [-0.2, -0.15) is 0 Å². The molecule has 1 heteroatoms. The van der Waals surface area contributed by atoms with Crippen LogP contribution in [0, 0.1) is 0 Å². The molecule has 0 saturated carbocycles. The molecule has 1 aromatic carbocycles. The summed E-state index contributed by atoms with van der Waals surface area (Å²) in [6, 6.07) is 10.7.